The minimum absolute atomic E-state index is 0.00459. The molecule has 1 fully saturated rings. The van der Waals surface area contributed by atoms with Crippen LogP contribution in [0.2, 0.25) is 0 Å². The highest BCUT2D eigenvalue weighted by molar-refractivity contribution is 5.76. The molecule has 0 aromatic carbocycles. The van der Waals surface area contributed by atoms with Crippen LogP contribution in [0.1, 0.15) is 12.1 Å². The molecule has 2 aromatic rings. The average molecular weight is 316 g/mol. The molecule has 2 aromatic heterocycles. The summed E-state index contributed by atoms with van der Waals surface area (Å²) in [6, 6.07) is 1.77. The third kappa shape index (κ3) is 4.04. The topological polar surface area (TPSA) is 94.0 Å². The molecule has 0 aliphatic carbocycles. The third-order valence-corrected chi connectivity index (χ3v) is 3.85. The fourth-order valence-corrected chi connectivity index (χ4v) is 2.58. The number of hydrogen-bond donors (Lipinski definition) is 2. The Balaban J connectivity index is 1.60. The highest BCUT2D eigenvalue weighted by atomic mass is 16.5. The average Bonchev–Trinajstić information content (AvgIpc) is 2.95. The van der Waals surface area contributed by atoms with E-state index in [1.807, 2.05) is 11.5 Å². The molecule has 0 unspecified atom stereocenters. The van der Waals surface area contributed by atoms with Gasteiger partial charge in [0.15, 0.2) is 0 Å². The fourth-order valence-electron chi connectivity index (χ4n) is 2.58. The van der Waals surface area contributed by atoms with Gasteiger partial charge >= 0.3 is 0 Å². The van der Waals surface area contributed by atoms with Gasteiger partial charge < -0.3 is 19.9 Å². The number of amides is 1. The van der Waals surface area contributed by atoms with Crippen LogP contribution in [0.5, 0.6) is 0 Å². The highest BCUT2D eigenvalue weighted by Crippen LogP contribution is 2.13. The molecule has 1 saturated heterocycles. The first-order chi connectivity index (χ1) is 11.2. The van der Waals surface area contributed by atoms with Crippen LogP contribution in [-0.4, -0.2) is 50.7 Å². The molecule has 1 aliphatic heterocycles. The zero-order valence-corrected chi connectivity index (χ0v) is 13.0. The lowest BCUT2D eigenvalue weighted by molar-refractivity contribution is -0.123. The molecule has 0 radical (unpaired) electrons. The predicted molar refractivity (Wildman–Crippen MR) is 83.8 cm³/mol. The number of aryl methyl sites for hydroxylation is 1. The summed E-state index contributed by atoms with van der Waals surface area (Å²) in [5, 5.41) is 6.38. The minimum atomic E-state index is -0.0347. The first-order valence-corrected chi connectivity index (χ1v) is 7.59. The summed E-state index contributed by atoms with van der Waals surface area (Å²) in [6.45, 7) is 3.35. The van der Waals surface area contributed by atoms with Crippen LogP contribution in [0.4, 0.5) is 5.82 Å². The Morgan fingerprint density at radius 2 is 2.35 bits per heavy atom. The number of aromatic nitrogens is 4. The normalized spacial score (nSPS) is 20.9. The number of imidazole rings is 1. The van der Waals surface area contributed by atoms with Gasteiger partial charge in [0.25, 0.3) is 0 Å². The SMILES string of the molecule is Cc1cncn1CC(=O)N[C@H]1CCOC[C@H]1Nc1ccncn1. The number of rotatable bonds is 5. The van der Waals surface area contributed by atoms with Crippen molar-refractivity contribution in [1.29, 1.82) is 0 Å². The quantitative estimate of drug-likeness (QED) is 0.827. The number of hydrogen-bond acceptors (Lipinski definition) is 6. The summed E-state index contributed by atoms with van der Waals surface area (Å²) < 4.78 is 7.34. The summed E-state index contributed by atoms with van der Waals surface area (Å²) >= 11 is 0. The molecule has 0 spiro atoms. The van der Waals surface area contributed by atoms with Gasteiger partial charge in [0, 0.05) is 24.7 Å². The first kappa shape index (κ1) is 15.4. The Morgan fingerprint density at radius 3 is 3.09 bits per heavy atom. The van der Waals surface area contributed by atoms with E-state index in [2.05, 4.69) is 25.6 Å². The number of ether oxygens (including phenoxy) is 1. The standard InChI is InChI=1S/C15H20N6O2/c1-11-6-17-10-21(11)7-15(22)20-12-3-5-23-8-13(12)19-14-2-4-16-9-18-14/h2,4,6,9-10,12-13H,3,5,7-8H2,1H3,(H,20,22)(H,16,18,19)/t12-,13+/m0/s1. The summed E-state index contributed by atoms with van der Waals surface area (Å²) in [7, 11) is 0. The van der Waals surface area contributed by atoms with Gasteiger partial charge in [-0.25, -0.2) is 15.0 Å². The van der Waals surface area contributed by atoms with Gasteiger partial charge in [0.05, 0.1) is 25.0 Å². The molecule has 23 heavy (non-hydrogen) atoms. The van der Waals surface area contributed by atoms with E-state index in [-0.39, 0.29) is 24.5 Å². The maximum absolute atomic E-state index is 12.3. The van der Waals surface area contributed by atoms with Gasteiger partial charge in [0.2, 0.25) is 5.91 Å². The van der Waals surface area contributed by atoms with Gasteiger partial charge in [-0.2, -0.15) is 0 Å². The van der Waals surface area contributed by atoms with Crippen molar-refractivity contribution < 1.29 is 9.53 Å². The van der Waals surface area contributed by atoms with Crippen LogP contribution in [0.15, 0.2) is 31.1 Å². The molecular formula is C15H20N6O2. The van der Waals surface area contributed by atoms with E-state index < -0.39 is 0 Å². The number of carbonyl (C=O) groups excluding carboxylic acids is 1. The van der Waals surface area contributed by atoms with Gasteiger partial charge in [-0.05, 0) is 19.4 Å². The number of anilines is 1. The molecule has 122 valence electrons. The van der Waals surface area contributed by atoms with Crippen LogP contribution in [0.3, 0.4) is 0 Å². The summed E-state index contributed by atoms with van der Waals surface area (Å²) in [5.41, 5.74) is 0.961. The van der Waals surface area contributed by atoms with Gasteiger partial charge in [-0.3, -0.25) is 4.79 Å². The van der Waals surface area contributed by atoms with Crippen molar-refractivity contribution in [1.82, 2.24) is 24.8 Å². The van der Waals surface area contributed by atoms with E-state index in [4.69, 9.17) is 4.74 Å². The van der Waals surface area contributed by atoms with Crippen LogP contribution in [0.25, 0.3) is 0 Å². The van der Waals surface area contributed by atoms with E-state index in [1.54, 1.807) is 24.8 Å². The molecule has 0 bridgehead atoms. The molecule has 3 rings (SSSR count). The second kappa shape index (κ2) is 7.19. The van der Waals surface area contributed by atoms with Crippen molar-refractivity contribution in [2.45, 2.75) is 32.0 Å². The zero-order valence-electron chi connectivity index (χ0n) is 13.0. The smallest absolute Gasteiger partial charge is 0.240 e. The molecule has 1 amide bonds. The number of nitrogens with zero attached hydrogens (tertiary/aromatic N) is 4. The second-order valence-electron chi connectivity index (χ2n) is 5.55. The predicted octanol–water partition coefficient (Wildman–Crippen LogP) is 0.367. The van der Waals surface area contributed by atoms with E-state index in [0.29, 0.717) is 13.2 Å². The van der Waals surface area contributed by atoms with Gasteiger partial charge in [0.1, 0.15) is 18.7 Å². The van der Waals surface area contributed by atoms with E-state index in [1.165, 1.54) is 6.33 Å². The molecule has 2 N–H and O–H groups in total. The Bertz CT molecular complexity index is 644. The minimum Gasteiger partial charge on any atom is -0.379 e. The lowest BCUT2D eigenvalue weighted by atomic mass is 10.0. The van der Waals surface area contributed by atoms with Crippen molar-refractivity contribution in [2.75, 3.05) is 18.5 Å². The molecule has 1 aliphatic rings. The summed E-state index contributed by atoms with van der Waals surface area (Å²) in [4.78, 5) is 24.4. The van der Waals surface area contributed by atoms with Gasteiger partial charge in [-0.15, -0.1) is 0 Å². The molecule has 8 heteroatoms. The molecule has 0 saturated carbocycles. The van der Waals surface area contributed by atoms with Crippen LogP contribution in [-0.2, 0) is 16.1 Å². The van der Waals surface area contributed by atoms with E-state index in [9.17, 15) is 4.79 Å². The Morgan fingerprint density at radius 1 is 1.43 bits per heavy atom. The van der Waals surface area contributed by atoms with Gasteiger partial charge in [-0.1, -0.05) is 0 Å². The number of carbonyl (C=O) groups is 1. The first-order valence-electron chi connectivity index (χ1n) is 7.59. The van der Waals surface area contributed by atoms with E-state index >= 15 is 0 Å². The maximum Gasteiger partial charge on any atom is 0.240 e. The van der Waals surface area contributed by atoms with Crippen molar-refractivity contribution >= 4 is 11.7 Å². The molecule has 8 nitrogen and oxygen atoms in total. The second-order valence-corrected chi connectivity index (χ2v) is 5.55. The van der Waals surface area contributed by atoms with Crippen molar-refractivity contribution in [3.8, 4) is 0 Å². The van der Waals surface area contributed by atoms with Crippen LogP contribution in [0, 0.1) is 6.92 Å². The largest absolute Gasteiger partial charge is 0.379 e. The van der Waals surface area contributed by atoms with Crippen molar-refractivity contribution in [2.24, 2.45) is 0 Å². The molecule has 2 atom stereocenters. The van der Waals surface area contributed by atoms with Crippen LogP contribution >= 0.6 is 0 Å². The van der Waals surface area contributed by atoms with Crippen LogP contribution < -0.4 is 10.6 Å². The Hall–Kier alpha value is -2.48. The summed E-state index contributed by atoms with van der Waals surface area (Å²) in [6.07, 6.45) is 7.32. The Labute approximate surface area is 134 Å². The lowest BCUT2D eigenvalue weighted by Gasteiger charge is -2.33. The molecule has 3 heterocycles. The maximum atomic E-state index is 12.3. The highest BCUT2D eigenvalue weighted by Gasteiger charge is 2.27. The Kier molecular flexibility index (Phi) is 4.82. The van der Waals surface area contributed by atoms with E-state index in [0.717, 1.165) is 17.9 Å². The van der Waals surface area contributed by atoms with Crippen molar-refractivity contribution in [3.63, 3.8) is 0 Å². The lowest BCUT2D eigenvalue weighted by Crippen LogP contribution is -2.52. The fraction of sp³-hybridized carbons (Fsp3) is 0.467. The number of nitrogens with one attached hydrogen (secondary N) is 2. The monoisotopic (exact) mass is 316 g/mol. The van der Waals surface area contributed by atoms with Crippen molar-refractivity contribution in [3.05, 3.63) is 36.8 Å². The third-order valence-electron chi connectivity index (χ3n) is 3.85. The zero-order chi connectivity index (χ0) is 16.1. The molecular weight excluding hydrogens is 296 g/mol. The summed E-state index contributed by atoms with van der Waals surface area (Å²) in [5.74, 6) is 0.688.